The molecule has 4 aromatic carbocycles. The van der Waals surface area contributed by atoms with Crippen molar-refractivity contribution in [1.29, 1.82) is 5.26 Å². The fourth-order valence-corrected chi connectivity index (χ4v) is 14.2. The SMILES string of the molecule is C=CCOc1c(C)c2c(c3c1CC1[C@@H]4c5c(cc(C)c(OC)c5O)C[C@@H]([C@H](C#N)N1[C@H]3CCC(C)(C)[Si](O)(c1ccccc1)c1ccccc1)N4C)OCO2. The molecule has 2 bridgehead atoms. The van der Waals surface area contributed by atoms with Crippen molar-refractivity contribution >= 4 is 18.7 Å². The van der Waals surface area contributed by atoms with Gasteiger partial charge in [0.1, 0.15) is 18.4 Å². The summed E-state index contributed by atoms with van der Waals surface area (Å²) in [5.74, 6) is 2.78. The van der Waals surface area contributed by atoms with Crippen molar-refractivity contribution < 1.29 is 28.8 Å². The quantitative estimate of drug-likeness (QED) is 0.141. The Morgan fingerprint density at radius 2 is 1.64 bits per heavy atom. The monoisotopic (exact) mass is 757 g/mol. The number of piperazine rings is 1. The molecule has 4 aromatic rings. The lowest BCUT2D eigenvalue weighted by Crippen LogP contribution is -2.68. The minimum absolute atomic E-state index is 0.0971. The molecule has 8 rings (SSSR count). The molecular formula is C45H51N3O6Si. The van der Waals surface area contributed by atoms with Gasteiger partial charge < -0.3 is 28.8 Å². The Morgan fingerprint density at radius 3 is 2.25 bits per heavy atom. The molecule has 4 aliphatic heterocycles. The highest BCUT2D eigenvalue weighted by molar-refractivity contribution is 6.98. The van der Waals surface area contributed by atoms with Gasteiger partial charge in [-0.3, -0.25) is 9.80 Å². The van der Waals surface area contributed by atoms with Crippen LogP contribution in [0, 0.1) is 25.2 Å². The molecule has 2 N–H and O–H groups in total. The van der Waals surface area contributed by atoms with Gasteiger partial charge in [-0.25, -0.2) is 0 Å². The molecule has 55 heavy (non-hydrogen) atoms. The Morgan fingerprint density at radius 1 is 0.982 bits per heavy atom. The highest BCUT2D eigenvalue weighted by Gasteiger charge is 2.58. The van der Waals surface area contributed by atoms with Gasteiger partial charge in [-0.1, -0.05) is 93.2 Å². The minimum atomic E-state index is -3.37. The van der Waals surface area contributed by atoms with Crippen LogP contribution in [0.4, 0.5) is 0 Å². The van der Waals surface area contributed by atoms with E-state index in [0.29, 0.717) is 49.5 Å². The molecule has 0 aliphatic carbocycles. The van der Waals surface area contributed by atoms with Gasteiger partial charge in [0.15, 0.2) is 23.0 Å². The lowest BCUT2D eigenvalue weighted by molar-refractivity contribution is -0.0753. The van der Waals surface area contributed by atoms with E-state index in [1.54, 1.807) is 13.2 Å². The molecule has 0 saturated carbocycles. The highest BCUT2D eigenvalue weighted by Crippen LogP contribution is 2.60. The predicted octanol–water partition coefficient (Wildman–Crippen LogP) is 6.40. The molecule has 5 atom stereocenters. The van der Waals surface area contributed by atoms with Crippen LogP contribution in [0.5, 0.6) is 28.7 Å². The molecule has 4 aliphatic rings. The van der Waals surface area contributed by atoms with Crippen LogP contribution in [0.25, 0.3) is 0 Å². The zero-order valence-corrected chi connectivity index (χ0v) is 33.6. The van der Waals surface area contributed by atoms with Crippen LogP contribution < -0.4 is 29.3 Å². The van der Waals surface area contributed by atoms with Gasteiger partial charge in [0.2, 0.25) is 6.79 Å². The Balaban J connectivity index is 1.32. The zero-order chi connectivity index (χ0) is 38.8. The van der Waals surface area contributed by atoms with Gasteiger partial charge >= 0.3 is 0 Å². The summed E-state index contributed by atoms with van der Waals surface area (Å²) in [7, 11) is 0.320. The number of phenols is 1. The Kier molecular flexibility index (Phi) is 9.49. The second kappa shape index (κ2) is 14.1. The largest absolute Gasteiger partial charge is 0.504 e. The third-order valence-electron chi connectivity index (χ3n) is 13.0. The molecule has 1 saturated heterocycles. The summed E-state index contributed by atoms with van der Waals surface area (Å²) in [4.78, 5) is 17.9. The zero-order valence-electron chi connectivity index (χ0n) is 32.6. The van der Waals surface area contributed by atoms with E-state index in [9.17, 15) is 15.2 Å². The minimum Gasteiger partial charge on any atom is -0.504 e. The topological polar surface area (TPSA) is 108 Å². The lowest BCUT2D eigenvalue weighted by atomic mass is 9.71. The van der Waals surface area contributed by atoms with Crippen LogP contribution in [-0.2, 0) is 12.8 Å². The number of benzene rings is 4. The van der Waals surface area contributed by atoms with Crippen LogP contribution >= 0.6 is 0 Å². The van der Waals surface area contributed by atoms with Crippen molar-refractivity contribution in [2.45, 2.75) is 88.6 Å². The smallest absolute Gasteiger partial charge is 0.258 e. The first-order valence-electron chi connectivity index (χ1n) is 19.3. The number of methoxy groups -OCH3 is 1. The summed E-state index contributed by atoms with van der Waals surface area (Å²) < 4.78 is 24.8. The summed E-state index contributed by atoms with van der Waals surface area (Å²) in [5.41, 5.74) is 5.68. The Hall–Kier alpha value is -4.79. The van der Waals surface area contributed by atoms with E-state index in [1.807, 2.05) is 50.2 Å². The van der Waals surface area contributed by atoms with E-state index >= 15 is 0 Å². The Labute approximate surface area is 325 Å². The first kappa shape index (κ1) is 37.1. The number of hydrogen-bond acceptors (Lipinski definition) is 9. The van der Waals surface area contributed by atoms with E-state index in [-0.39, 0.29) is 36.7 Å². The van der Waals surface area contributed by atoms with E-state index in [1.165, 1.54) is 0 Å². The number of aryl methyl sites for hydroxylation is 1. The fourth-order valence-electron chi connectivity index (χ4n) is 10.4. The van der Waals surface area contributed by atoms with Crippen molar-refractivity contribution in [2.75, 3.05) is 27.6 Å². The lowest BCUT2D eigenvalue weighted by Gasteiger charge is -2.60. The molecule has 286 valence electrons. The molecule has 1 unspecified atom stereocenters. The number of nitriles is 1. The number of phenolic OH excluding ortho intramolecular Hbond substituents is 1. The number of nitrogens with zero attached hydrogens (tertiary/aromatic N) is 3. The van der Waals surface area contributed by atoms with E-state index < -0.39 is 19.4 Å². The molecular weight excluding hydrogens is 707 g/mol. The second-order valence-corrected chi connectivity index (χ2v) is 20.1. The van der Waals surface area contributed by atoms with Gasteiger partial charge in [0, 0.05) is 40.4 Å². The summed E-state index contributed by atoms with van der Waals surface area (Å²) in [6.45, 7) is 12.7. The molecule has 4 heterocycles. The number of likely N-dealkylation sites (N-methyl/N-ethyl adjacent to an activating group) is 1. The third-order valence-corrected chi connectivity index (χ3v) is 17.6. The maximum Gasteiger partial charge on any atom is 0.258 e. The summed E-state index contributed by atoms with van der Waals surface area (Å²) >= 11 is 0. The van der Waals surface area contributed by atoms with Crippen molar-refractivity contribution in [3.8, 4) is 34.8 Å². The average molecular weight is 758 g/mol. The summed E-state index contributed by atoms with van der Waals surface area (Å²) in [6.07, 6.45) is 4.20. The normalized spacial score (nSPS) is 22.9. The van der Waals surface area contributed by atoms with E-state index in [2.05, 4.69) is 73.7 Å². The number of aromatic hydroxyl groups is 1. The van der Waals surface area contributed by atoms with E-state index in [0.717, 1.165) is 49.5 Å². The molecule has 0 amide bonds. The predicted molar refractivity (Wildman–Crippen MR) is 215 cm³/mol. The Bertz CT molecular complexity index is 2130. The van der Waals surface area contributed by atoms with E-state index in [4.69, 9.17) is 18.9 Å². The maximum absolute atomic E-state index is 13.2. The maximum atomic E-state index is 13.2. The van der Waals surface area contributed by atoms with Crippen molar-refractivity contribution in [3.63, 3.8) is 0 Å². The van der Waals surface area contributed by atoms with Crippen LogP contribution in [-0.4, -0.2) is 73.7 Å². The highest BCUT2D eigenvalue weighted by atomic mass is 28.4. The van der Waals surface area contributed by atoms with Crippen molar-refractivity contribution in [2.24, 2.45) is 0 Å². The average Bonchev–Trinajstić information content (AvgIpc) is 3.68. The second-order valence-electron chi connectivity index (χ2n) is 16.2. The first-order valence-corrected chi connectivity index (χ1v) is 21.2. The molecule has 0 radical (unpaired) electrons. The summed E-state index contributed by atoms with van der Waals surface area (Å²) in [5, 5.41) is 24.5. The van der Waals surface area contributed by atoms with Gasteiger partial charge in [-0.2, -0.15) is 5.26 Å². The number of ether oxygens (including phenoxy) is 4. The number of rotatable bonds is 10. The van der Waals surface area contributed by atoms with Crippen molar-refractivity contribution in [1.82, 2.24) is 9.80 Å². The van der Waals surface area contributed by atoms with Gasteiger partial charge in [0.05, 0.1) is 19.2 Å². The standard InChI is InChI=1S/C45H51N3O6Si/c1-8-21-52-42-28(3)43-44(54-26-53-43)38-32(42)24-35-39-37-29(22-27(2)41(51-7)40(37)49)23-34(47(39)6)36(25-46)48(35)33(38)19-20-45(4,5)55(50,30-15-11-9-12-16-30)31-17-13-10-14-18-31/h8-18,22,33-36,39,49-50H,1,19-21,23-24,26H2,2-7H3/t33-,34-,35?,36-,39+/m0/s1. The molecule has 0 aromatic heterocycles. The molecule has 0 spiro atoms. The summed E-state index contributed by atoms with van der Waals surface area (Å²) in [6, 6.07) is 23.8. The molecule has 1 fully saturated rings. The molecule has 9 nitrogen and oxygen atoms in total. The van der Waals surface area contributed by atoms with Gasteiger partial charge in [0.25, 0.3) is 8.32 Å². The van der Waals surface area contributed by atoms with Crippen LogP contribution in [0.2, 0.25) is 5.04 Å². The van der Waals surface area contributed by atoms with Crippen LogP contribution in [0.1, 0.15) is 72.2 Å². The van der Waals surface area contributed by atoms with Gasteiger partial charge in [-0.15, -0.1) is 0 Å². The fraction of sp³-hybridized carbons (Fsp3) is 0.400. The number of hydrogen-bond donors (Lipinski definition) is 2. The first-order chi connectivity index (χ1) is 26.5. The third kappa shape index (κ3) is 5.58. The van der Waals surface area contributed by atoms with Crippen LogP contribution in [0.15, 0.2) is 79.4 Å². The number of fused-ring (bicyclic) bond motifs is 9. The van der Waals surface area contributed by atoms with Gasteiger partial charge in [-0.05, 0) is 73.1 Å². The molecule has 10 heteroatoms. The van der Waals surface area contributed by atoms with Crippen molar-refractivity contribution in [3.05, 3.63) is 113 Å². The van der Waals surface area contributed by atoms with Crippen LogP contribution in [0.3, 0.4) is 0 Å².